The van der Waals surface area contributed by atoms with E-state index >= 15 is 0 Å². The van der Waals surface area contributed by atoms with Gasteiger partial charge in [0.15, 0.2) is 5.78 Å². The van der Waals surface area contributed by atoms with Crippen LogP contribution in [0.3, 0.4) is 0 Å². The van der Waals surface area contributed by atoms with Gasteiger partial charge in [0.2, 0.25) is 0 Å². The van der Waals surface area contributed by atoms with Crippen LogP contribution in [0.25, 0.3) is 0 Å². The zero-order valence-electron chi connectivity index (χ0n) is 14.3. The summed E-state index contributed by atoms with van der Waals surface area (Å²) in [5.74, 6) is 0.0767. The number of hydrogen-bond donors (Lipinski definition) is 1. The highest BCUT2D eigenvalue weighted by Crippen LogP contribution is 2.10. The van der Waals surface area contributed by atoms with Gasteiger partial charge in [0.1, 0.15) is 5.60 Å². The van der Waals surface area contributed by atoms with Crippen molar-refractivity contribution >= 4 is 11.9 Å². The van der Waals surface area contributed by atoms with E-state index in [1.165, 1.54) is 0 Å². The Labute approximate surface area is 142 Å². The molecule has 0 saturated carbocycles. The van der Waals surface area contributed by atoms with Gasteiger partial charge in [-0.1, -0.05) is 54.6 Å². The standard InChI is InChI=1S/C20H23NO3/c1-20(2,3)24-19(23)21-14-16-9-11-17(12-10-16)18(22)13-15-7-5-4-6-8-15/h4-12H,13-14H2,1-3H3,(H,21,23). The van der Waals surface area contributed by atoms with Crippen molar-refractivity contribution in [1.82, 2.24) is 5.32 Å². The molecule has 0 fully saturated rings. The fourth-order valence-electron chi connectivity index (χ4n) is 2.18. The van der Waals surface area contributed by atoms with Gasteiger partial charge in [0.25, 0.3) is 0 Å². The number of benzene rings is 2. The summed E-state index contributed by atoms with van der Waals surface area (Å²) in [6.07, 6.45) is -0.0668. The van der Waals surface area contributed by atoms with Crippen LogP contribution in [0.5, 0.6) is 0 Å². The number of carbonyl (C=O) groups is 2. The van der Waals surface area contributed by atoms with Crippen LogP contribution in [-0.4, -0.2) is 17.5 Å². The summed E-state index contributed by atoms with van der Waals surface area (Å²) in [4.78, 5) is 23.9. The van der Waals surface area contributed by atoms with Gasteiger partial charge in [-0.25, -0.2) is 4.79 Å². The quantitative estimate of drug-likeness (QED) is 0.841. The lowest BCUT2D eigenvalue weighted by Crippen LogP contribution is -2.32. The monoisotopic (exact) mass is 325 g/mol. The number of alkyl carbamates (subject to hydrolysis) is 1. The highest BCUT2D eigenvalue weighted by Gasteiger charge is 2.15. The molecule has 0 aromatic heterocycles. The predicted molar refractivity (Wildman–Crippen MR) is 94.0 cm³/mol. The Morgan fingerprint density at radius 3 is 2.12 bits per heavy atom. The third-order valence-electron chi connectivity index (χ3n) is 3.32. The topological polar surface area (TPSA) is 55.4 Å². The van der Waals surface area contributed by atoms with Gasteiger partial charge >= 0.3 is 6.09 Å². The first-order chi connectivity index (χ1) is 11.3. The Morgan fingerprint density at radius 1 is 0.917 bits per heavy atom. The van der Waals surface area contributed by atoms with E-state index in [0.29, 0.717) is 18.5 Å². The van der Waals surface area contributed by atoms with Crippen LogP contribution in [0.2, 0.25) is 0 Å². The van der Waals surface area contributed by atoms with Gasteiger partial charge in [-0.15, -0.1) is 0 Å². The molecule has 1 N–H and O–H groups in total. The van der Waals surface area contributed by atoms with E-state index in [4.69, 9.17) is 4.74 Å². The number of nitrogens with one attached hydrogen (secondary N) is 1. The maximum Gasteiger partial charge on any atom is 0.407 e. The summed E-state index contributed by atoms with van der Waals surface area (Å²) >= 11 is 0. The SMILES string of the molecule is CC(C)(C)OC(=O)NCc1ccc(C(=O)Cc2ccccc2)cc1. The van der Waals surface area contributed by atoms with E-state index in [1.54, 1.807) is 12.1 Å². The Bertz CT molecular complexity index is 685. The van der Waals surface area contributed by atoms with E-state index in [-0.39, 0.29) is 5.78 Å². The molecule has 0 spiro atoms. The number of rotatable bonds is 5. The lowest BCUT2D eigenvalue weighted by atomic mass is 10.0. The molecule has 4 heteroatoms. The number of hydrogen-bond acceptors (Lipinski definition) is 3. The van der Waals surface area contributed by atoms with Crippen molar-refractivity contribution < 1.29 is 14.3 Å². The number of ether oxygens (including phenoxy) is 1. The van der Waals surface area contributed by atoms with Crippen molar-refractivity contribution in [3.8, 4) is 0 Å². The summed E-state index contributed by atoms with van der Waals surface area (Å²) in [7, 11) is 0. The van der Waals surface area contributed by atoms with Crippen LogP contribution in [0.15, 0.2) is 54.6 Å². The second-order valence-corrected chi connectivity index (χ2v) is 6.64. The van der Waals surface area contributed by atoms with Crippen molar-refractivity contribution in [3.05, 3.63) is 71.3 Å². The van der Waals surface area contributed by atoms with Crippen LogP contribution in [0.4, 0.5) is 4.79 Å². The van der Waals surface area contributed by atoms with Gasteiger partial charge < -0.3 is 10.1 Å². The molecule has 4 nitrogen and oxygen atoms in total. The molecule has 0 radical (unpaired) electrons. The van der Waals surface area contributed by atoms with Crippen molar-refractivity contribution in [1.29, 1.82) is 0 Å². The zero-order valence-corrected chi connectivity index (χ0v) is 14.3. The molecule has 0 bridgehead atoms. The number of carbonyl (C=O) groups excluding carboxylic acids is 2. The summed E-state index contributed by atoms with van der Waals surface area (Å²) in [5.41, 5.74) is 2.06. The van der Waals surface area contributed by atoms with Gasteiger partial charge in [0.05, 0.1) is 0 Å². The lowest BCUT2D eigenvalue weighted by molar-refractivity contribution is 0.0523. The molecule has 1 amide bonds. The van der Waals surface area contributed by atoms with Gasteiger partial charge in [-0.05, 0) is 31.9 Å². The Morgan fingerprint density at radius 2 is 1.54 bits per heavy atom. The second kappa shape index (κ2) is 7.77. The zero-order chi connectivity index (χ0) is 17.6. The van der Waals surface area contributed by atoms with E-state index in [1.807, 2.05) is 63.2 Å². The lowest BCUT2D eigenvalue weighted by Gasteiger charge is -2.19. The molecular formula is C20H23NO3. The molecule has 2 aromatic carbocycles. The predicted octanol–water partition coefficient (Wildman–Crippen LogP) is 4.14. The van der Waals surface area contributed by atoms with Crippen molar-refractivity contribution in [2.24, 2.45) is 0 Å². The van der Waals surface area contributed by atoms with Crippen LogP contribution in [0, 0.1) is 0 Å². The van der Waals surface area contributed by atoms with E-state index in [9.17, 15) is 9.59 Å². The molecule has 0 atom stereocenters. The summed E-state index contributed by atoms with van der Waals surface area (Å²) in [6.45, 7) is 5.82. The summed E-state index contributed by atoms with van der Waals surface area (Å²) in [5, 5.41) is 2.70. The minimum atomic E-state index is -0.516. The fourth-order valence-corrected chi connectivity index (χ4v) is 2.18. The van der Waals surface area contributed by atoms with Crippen molar-refractivity contribution in [3.63, 3.8) is 0 Å². The third-order valence-corrected chi connectivity index (χ3v) is 3.32. The Kier molecular flexibility index (Phi) is 5.74. The minimum absolute atomic E-state index is 0.0767. The number of Topliss-reactive ketones (excluding diaryl/α,β-unsaturated/α-hetero) is 1. The largest absolute Gasteiger partial charge is 0.444 e. The molecule has 0 saturated heterocycles. The van der Waals surface area contributed by atoms with Gasteiger partial charge in [-0.3, -0.25) is 4.79 Å². The van der Waals surface area contributed by atoms with Crippen LogP contribution in [0.1, 0.15) is 42.3 Å². The Hall–Kier alpha value is -2.62. The summed E-state index contributed by atoms with van der Waals surface area (Å²) < 4.78 is 5.18. The fraction of sp³-hybridized carbons (Fsp3) is 0.300. The first-order valence-electron chi connectivity index (χ1n) is 7.96. The number of ketones is 1. The smallest absolute Gasteiger partial charge is 0.407 e. The van der Waals surface area contributed by atoms with E-state index < -0.39 is 11.7 Å². The third kappa shape index (κ3) is 5.88. The van der Waals surface area contributed by atoms with Crippen LogP contribution in [-0.2, 0) is 17.7 Å². The van der Waals surface area contributed by atoms with Crippen LogP contribution >= 0.6 is 0 Å². The summed E-state index contributed by atoms with van der Waals surface area (Å²) in [6, 6.07) is 16.9. The van der Waals surface area contributed by atoms with E-state index in [2.05, 4.69) is 5.32 Å². The second-order valence-electron chi connectivity index (χ2n) is 6.64. The highest BCUT2D eigenvalue weighted by molar-refractivity contribution is 5.97. The van der Waals surface area contributed by atoms with Crippen molar-refractivity contribution in [2.45, 2.75) is 39.3 Å². The Balaban J connectivity index is 1.88. The molecule has 2 rings (SSSR count). The first-order valence-corrected chi connectivity index (χ1v) is 7.96. The normalized spacial score (nSPS) is 11.0. The first kappa shape index (κ1) is 17.7. The van der Waals surface area contributed by atoms with Crippen LogP contribution < -0.4 is 5.32 Å². The molecule has 126 valence electrons. The highest BCUT2D eigenvalue weighted by atomic mass is 16.6. The maximum atomic E-state index is 12.3. The van der Waals surface area contributed by atoms with Crippen molar-refractivity contribution in [2.75, 3.05) is 0 Å². The average molecular weight is 325 g/mol. The van der Waals surface area contributed by atoms with Gasteiger partial charge in [-0.2, -0.15) is 0 Å². The molecule has 24 heavy (non-hydrogen) atoms. The molecule has 0 unspecified atom stereocenters. The molecule has 0 heterocycles. The maximum absolute atomic E-state index is 12.3. The minimum Gasteiger partial charge on any atom is -0.444 e. The average Bonchev–Trinajstić information content (AvgIpc) is 2.53. The molecule has 0 aliphatic carbocycles. The molecule has 0 aliphatic rings. The number of amides is 1. The molecule has 0 aliphatic heterocycles. The molecular weight excluding hydrogens is 302 g/mol. The molecule has 2 aromatic rings. The van der Waals surface area contributed by atoms with E-state index in [0.717, 1.165) is 11.1 Å². The van der Waals surface area contributed by atoms with Gasteiger partial charge in [0, 0.05) is 18.5 Å².